The normalized spacial score (nSPS) is 15.9. The van der Waals surface area contributed by atoms with Crippen molar-refractivity contribution in [3.63, 3.8) is 0 Å². The van der Waals surface area contributed by atoms with Crippen LogP contribution in [0, 0.1) is 11.7 Å². The van der Waals surface area contributed by atoms with Gasteiger partial charge in [-0.05, 0) is 62.2 Å². The van der Waals surface area contributed by atoms with Gasteiger partial charge in [0.25, 0.3) is 0 Å². The lowest BCUT2D eigenvalue weighted by atomic mass is 9.84. The van der Waals surface area contributed by atoms with Gasteiger partial charge in [0.15, 0.2) is 11.5 Å². The van der Waals surface area contributed by atoms with Gasteiger partial charge in [0.1, 0.15) is 5.82 Å². The number of nitrogens with zero attached hydrogens (tertiary/aromatic N) is 2. The molecule has 0 saturated carbocycles. The van der Waals surface area contributed by atoms with Crippen LogP contribution in [0.25, 0.3) is 0 Å². The lowest BCUT2D eigenvalue weighted by Gasteiger charge is -2.40. The first-order chi connectivity index (χ1) is 15.9. The van der Waals surface area contributed by atoms with Gasteiger partial charge in [0.2, 0.25) is 5.91 Å². The summed E-state index contributed by atoms with van der Waals surface area (Å²) in [5, 5.41) is 10.4. The summed E-state index contributed by atoms with van der Waals surface area (Å²) in [6.07, 6.45) is 4.86. The highest BCUT2D eigenvalue weighted by Crippen LogP contribution is 2.32. The van der Waals surface area contributed by atoms with Crippen LogP contribution in [0.4, 0.5) is 4.39 Å². The van der Waals surface area contributed by atoms with E-state index >= 15 is 0 Å². The Morgan fingerprint density at radius 2 is 1.91 bits per heavy atom. The fourth-order valence-electron chi connectivity index (χ4n) is 4.66. The number of halogens is 1. The molecule has 5 nitrogen and oxygen atoms in total. The number of amides is 1. The summed E-state index contributed by atoms with van der Waals surface area (Å²) in [7, 11) is 3.42. The van der Waals surface area contributed by atoms with E-state index in [2.05, 4.69) is 4.90 Å². The molecule has 0 bridgehead atoms. The van der Waals surface area contributed by atoms with Gasteiger partial charge in [-0.15, -0.1) is 0 Å². The zero-order chi connectivity index (χ0) is 23.8. The average molecular weight is 475 g/mol. The van der Waals surface area contributed by atoms with E-state index in [1.165, 1.54) is 6.07 Å². The Morgan fingerprint density at radius 1 is 1.21 bits per heavy atom. The number of hydrogen-bond acceptors (Lipinski definition) is 5. The van der Waals surface area contributed by atoms with Crippen LogP contribution in [0.2, 0.25) is 0 Å². The maximum absolute atomic E-state index is 14.4. The second-order valence-electron chi connectivity index (χ2n) is 8.69. The number of piperidine rings is 1. The molecular formula is C26H35FN2O3S. The van der Waals surface area contributed by atoms with E-state index in [-0.39, 0.29) is 23.5 Å². The van der Waals surface area contributed by atoms with Gasteiger partial charge in [-0.25, -0.2) is 4.39 Å². The SMILES string of the molecule is COc1cccc(CN2CCC([C@H](Cc3ccccc3F)N(C)C(=O)CCSC)CC2)c1O. The first kappa shape index (κ1) is 25.4. The second kappa shape index (κ2) is 12.3. The molecule has 1 saturated heterocycles. The Morgan fingerprint density at radius 3 is 2.58 bits per heavy atom. The summed E-state index contributed by atoms with van der Waals surface area (Å²) in [6.45, 7) is 2.38. The van der Waals surface area contributed by atoms with E-state index in [0.717, 1.165) is 37.2 Å². The minimum atomic E-state index is -0.210. The number of likely N-dealkylation sites (tertiary alicyclic amines) is 1. The van der Waals surface area contributed by atoms with Crippen molar-refractivity contribution >= 4 is 17.7 Å². The van der Waals surface area contributed by atoms with Crippen LogP contribution in [0.3, 0.4) is 0 Å². The van der Waals surface area contributed by atoms with E-state index in [0.29, 0.717) is 36.6 Å². The Balaban J connectivity index is 1.69. The number of phenols is 1. The lowest BCUT2D eigenvalue weighted by molar-refractivity contribution is -0.133. The standard InChI is InChI=1S/C26H35FN2O3S/c1-28(25(30)13-16-33-3)23(17-20-7-4-5-9-22(20)27)19-11-14-29(15-12-19)18-21-8-6-10-24(32-2)26(21)31/h4-10,19,23,31H,11-18H2,1-3H3/t23-/m0/s1. The van der Waals surface area contributed by atoms with Crippen molar-refractivity contribution in [2.24, 2.45) is 5.92 Å². The smallest absolute Gasteiger partial charge is 0.223 e. The molecule has 1 fully saturated rings. The molecule has 2 aromatic carbocycles. The fourth-order valence-corrected chi connectivity index (χ4v) is 5.04. The molecule has 0 spiro atoms. The zero-order valence-electron chi connectivity index (χ0n) is 19.8. The molecule has 0 aromatic heterocycles. The van der Waals surface area contributed by atoms with E-state index < -0.39 is 0 Å². The summed E-state index contributed by atoms with van der Waals surface area (Å²) in [5.41, 5.74) is 1.51. The minimum Gasteiger partial charge on any atom is -0.504 e. The van der Waals surface area contributed by atoms with Gasteiger partial charge in [-0.2, -0.15) is 11.8 Å². The van der Waals surface area contributed by atoms with Gasteiger partial charge >= 0.3 is 0 Å². The van der Waals surface area contributed by atoms with Crippen LogP contribution >= 0.6 is 11.8 Å². The van der Waals surface area contributed by atoms with Crippen molar-refractivity contribution in [1.82, 2.24) is 9.80 Å². The van der Waals surface area contributed by atoms with Crippen LogP contribution in [-0.4, -0.2) is 66.1 Å². The third kappa shape index (κ3) is 6.64. The van der Waals surface area contributed by atoms with Crippen molar-refractivity contribution in [2.75, 3.05) is 39.3 Å². The number of carbonyl (C=O) groups excluding carboxylic acids is 1. The van der Waals surface area contributed by atoms with Gasteiger partial charge in [-0.1, -0.05) is 30.3 Å². The molecular weight excluding hydrogens is 439 g/mol. The quantitative estimate of drug-likeness (QED) is 0.547. The molecule has 2 aromatic rings. The molecule has 0 aliphatic carbocycles. The summed E-state index contributed by atoms with van der Waals surface area (Å²) in [5.74, 6) is 1.67. The molecule has 0 unspecified atom stereocenters. The van der Waals surface area contributed by atoms with Crippen LogP contribution in [0.5, 0.6) is 11.5 Å². The van der Waals surface area contributed by atoms with Gasteiger partial charge in [-0.3, -0.25) is 9.69 Å². The van der Waals surface area contributed by atoms with Crippen LogP contribution in [0.15, 0.2) is 42.5 Å². The molecule has 1 heterocycles. The van der Waals surface area contributed by atoms with E-state index in [9.17, 15) is 14.3 Å². The molecule has 33 heavy (non-hydrogen) atoms. The van der Waals surface area contributed by atoms with Gasteiger partial charge in [0.05, 0.1) is 7.11 Å². The first-order valence-electron chi connectivity index (χ1n) is 11.5. The summed E-state index contributed by atoms with van der Waals surface area (Å²) in [4.78, 5) is 17.0. The van der Waals surface area contributed by atoms with E-state index in [4.69, 9.17) is 4.74 Å². The maximum atomic E-state index is 14.4. The Labute approximate surface area is 200 Å². The molecule has 1 aliphatic rings. The number of thioether (sulfide) groups is 1. The number of likely N-dealkylation sites (N-methyl/N-ethyl adjacent to an activating group) is 1. The highest BCUT2D eigenvalue weighted by atomic mass is 32.2. The van der Waals surface area contributed by atoms with Crippen molar-refractivity contribution in [3.8, 4) is 11.5 Å². The molecule has 180 valence electrons. The molecule has 1 atom stereocenters. The molecule has 7 heteroatoms. The maximum Gasteiger partial charge on any atom is 0.223 e. The molecule has 1 N–H and O–H groups in total. The number of phenolic OH excluding ortho intramolecular Hbond substituents is 1. The number of methoxy groups -OCH3 is 1. The van der Waals surface area contributed by atoms with Crippen LogP contribution < -0.4 is 4.74 Å². The van der Waals surface area contributed by atoms with E-state index in [1.807, 2.05) is 42.5 Å². The van der Waals surface area contributed by atoms with Crippen LogP contribution in [0.1, 0.15) is 30.4 Å². The third-order valence-corrected chi connectivity index (χ3v) is 7.28. The first-order valence-corrected chi connectivity index (χ1v) is 12.9. The number of aromatic hydroxyl groups is 1. The predicted octanol–water partition coefficient (Wildman–Crippen LogP) is 4.57. The minimum absolute atomic E-state index is 0.0383. The van der Waals surface area contributed by atoms with E-state index in [1.54, 1.807) is 31.0 Å². The van der Waals surface area contributed by atoms with Crippen molar-refractivity contribution < 1.29 is 19.0 Å². The molecule has 1 aliphatic heterocycles. The highest BCUT2D eigenvalue weighted by molar-refractivity contribution is 7.98. The molecule has 0 radical (unpaired) electrons. The number of hydrogen-bond donors (Lipinski definition) is 1. The fraction of sp³-hybridized carbons (Fsp3) is 0.500. The number of benzene rings is 2. The largest absolute Gasteiger partial charge is 0.504 e. The summed E-state index contributed by atoms with van der Waals surface area (Å²) >= 11 is 1.66. The van der Waals surface area contributed by atoms with Crippen LogP contribution in [-0.2, 0) is 17.8 Å². The lowest BCUT2D eigenvalue weighted by Crippen LogP contribution is -2.47. The van der Waals surface area contributed by atoms with Crippen molar-refractivity contribution in [2.45, 2.75) is 38.3 Å². The monoisotopic (exact) mass is 474 g/mol. The highest BCUT2D eigenvalue weighted by Gasteiger charge is 2.32. The zero-order valence-corrected chi connectivity index (χ0v) is 20.6. The number of ether oxygens (including phenoxy) is 1. The molecule has 3 rings (SSSR count). The second-order valence-corrected chi connectivity index (χ2v) is 9.68. The third-order valence-electron chi connectivity index (χ3n) is 6.67. The average Bonchev–Trinajstić information content (AvgIpc) is 2.83. The number of carbonyl (C=O) groups is 1. The predicted molar refractivity (Wildman–Crippen MR) is 132 cm³/mol. The number of para-hydroxylation sites is 1. The topological polar surface area (TPSA) is 53.0 Å². The summed E-state index contributed by atoms with van der Waals surface area (Å²) in [6, 6.07) is 12.4. The Bertz CT molecular complexity index is 918. The Hall–Kier alpha value is -2.25. The number of rotatable bonds is 10. The Kier molecular flexibility index (Phi) is 9.44. The van der Waals surface area contributed by atoms with Gasteiger partial charge < -0.3 is 14.7 Å². The van der Waals surface area contributed by atoms with Crippen molar-refractivity contribution in [1.29, 1.82) is 0 Å². The van der Waals surface area contributed by atoms with Gasteiger partial charge in [0, 0.05) is 37.4 Å². The summed E-state index contributed by atoms with van der Waals surface area (Å²) < 4.78 is 19.7. The molecule has 1 amide bonds. The van der Waals surface area contributed by atoms with Crippen molar-refractivity contribution in [3.05, 3.63) is 59.4 Å².